The lowest BCUT2D eigenvalue weighted by molar-refractivity contribution is 0.475. The fourth-order valence-corrected chi connectivity index (χ4v) is 4.04. The molecule has 2 aliphatic rings. The first-order chi connectivity index (χ1) is 12.6. The molecule has 138 valence electrons. The van der Waals surface area contributed by atoms with E-state index in [0.717, 1.165) is 50.4 Å². The van der Waals surface area contributed by atoms with Crippen LogP contribution in [0.15, 0.2) is 41.7 Å². The molecular formula is C20H26FN5. The van der Waals surface area contributed by atoms with Gasteiger partial charge in [0.1, 0.15) is 5.82 Å². The third-order valence-electron chi connectivity index (χ3n) is 5.78. The topological polar surface area (TPSA) is 45.5 Å². The second kappa shape index (κ2) is 6.74. The molecule has 2 aromatic rings. The van der Waals surface area contributed by atoms with Crippen molar-refractivity contribution < 1.29 is 4.39 Å². The quantitative estimate of drug-likeness (QED) is 0.677. The van der Waals surface area contributed by atoms with E-state index in [1.54, 1.807) is 12.1 Å². The van der Waals surface area contributed by atoms with Crippen molar-refractivity contribution in [1.29, 1.82) is 0 Å². The van der Waals surface area contributed by atoms with Gasteiger partial charge in [0.2, 0.25) is 0 Å². The van der Waals surface area contributed by atoms with Gasteiger partial charge in [-0.05, 0) is 36.5 Å². The van der Waals surface area contributed by atoms with E-state index in [2.05, 4.69) is 26.5 Å². The van der Waals surface area contributed by atoms with E-state index in [0.29, 0.717) is 5.92 Å². The van der Waals surface area contributed by atoms with Crippen LogP contribution in [-0.4, -0.2) is 47.3 Å². The van der Waals surface area contributed by atoms with Crippen molar-refractivity contribution in [2.75, 3.05) is 26.7 Å². The molecule has 1 atom stereocenters. The Hall–Kier alpha value is -2.37. The number of aliphatic imine (C=N–C) groups is 1. The van der Waals surface area contributed by atoms with Crippen LogP contribution in [0.2, 0.25) is 0 Å². The SMILES string of the molecule is CN=C(NCC1(c2ccccc2F)CC1)N1CCC(c2cnn(C)c2)C1. The number of guanidine groups is 1. The fourth-order valence-electron chi connectivity index (χ4n) is 4.04. The molecular weight excluding hydrogens is 329 g/mol. The van der Waals surface area contributed by atoms with Gasteiger partial charge in [0, 0.05) is 51.3 Å². The molecule has 1 saturated heterocycles. The Morgan fingerprint density at radius 2 is 2.19 bits per heavy atom. The number of aryl methyl sites for hydroxylation is 1. The molecule has 1 saturated carbocycles. The molecule has 1 aromatic heterocycles. The first-order valence-corrected chi connectivity index (χ1v) is 9.30. The number of likely N-dealkylation sites (tertiary alicyclic amines) is 1. The van der Waals surface area contributed by atoms with Crippen LogP contribution >= 0.6 is 0 Å². The maximum atomic E-state index is 14.2. The highest BCUT2D eigenvalue weighted by atomic mass is 19.1. The Morgan fingerprint density at radius 1 is 1.38 bits per heavy atom. The van der Waals surface area contributed by atoms with Gasteiger partial charge in [0.05, 0.1) is 6.20 Å². The Balaban J connectivity index is 1.39. The lowest BCUT2D eigenvalue weighted by Gasteiger charge is -2.25. The molecule has 5 nitrogen and oxygen atoms in total. The summed E-state index contributed by atoms with van der Waals surface area (Å²) in [6.45, 7) is 2.65. The van der Waals surface area contributed by atoms with Gasteiger partial charge >= 0.3 is 0 Å². The molecule has 0 spiro atoms. The van der Waals surface area contributed by atoms with Crippen LogP contribution < -0.4 is 5.32 Å². The van der Waals surface area contributed by atoms with Crippen LogP contribution in [0.3, 0.4) is 0 Å². The van der Waals surface area contributed by atoms with Gasteiger partial charge in [-0.2, -0.15) is 5.10 Å². The molecule has 1 aliphatic carbocycles. The van der Waals surface area contributed by atoms with Gasteiger partial charge in [-0.3, -0.25) is 9.67 Å². The first-order valence-electron chi connectivity index (χ1n) is 9.30. The smallest absolute Gasteiger partial charge is 0.193 e. The predicted octanol–water partition coefficient (Wildman–Crippen LogP) is 2.66. The van der Waals surface area contributed by atoms with Crippen LogP contribution in [0.1, 0.15) is 36.3 Å². The van der Waals surface area contributed by atoms with Crippen LogP contribution in [0.25, 0.3) is 0 Å². The van der Waals surface area contributed by atoms with Crippen LogP contribution in [0.5, 0.6) is 0 Å². The standard InChI is InChI=1S/C20H26FN5/c1-22-19(26-10-7-15(13-26)16-11-24-25(2)12-16)23-14-20(8-9-20)17-5-3-4-6-18(17)21/h3-6,11-12,15H,7-10,13-14H2,1-2H3,(H,22,23). The minimum Gasteiger partial charge on any atom is -0.355 e. The summed E-state index contributed by atoms with van der Waals surface area (Å²) in [5, 5.41) is 7.79. The van der Waals surface area contributed by atoms with Crippen molar-refractivity contribution in [3.8, 4) is 0 Å². The molecule has 1 aliphatic heterocycles. The van der Waals surface area contributed by atoms with Crippen LogP contribution in [0.4, 0.5) is 4.39 Å². The average Bonchev–Trinajstić information content (AvgIpc) is 3.04. The molecule has 4 rings (SSSR count). The lowest BCUT2D eigenvalue weighted by Crippen LogP contribution is -2.43. The van der Waals surface area contributed by atoms with Gasteiger partial charge < -0.3 is 10.2 Å². The Morgan fingerprint density at radius 3 is 2.85 bits per heavy atom. The summed E-state index contributed by atoms with van der Waals surface area (Å²) in [5.74, 6) is 1.31. The number of halogens is 1. The average molecular weight is 355 g/mol. The molecule has 1 N–H and O–H groups in total. The van der Waals surface area contributed by atoms with Crippen molar-refractivity contribution >= 4 is 5.96 Å². The van der Waals surface area contributed by atoms with Gasteiger partial charge in [-0.1, -0.05) is 18.2 Å². The summed E-state index contributed by atoms with van der Waals surface area (Å²) >= 11 is 0. The van der Waals surface area contributed by atoms with Crippen molar-refractivity contribution in [2.24, 2.45) is 12.0 Å². The predicted molar refractivity (Wildman–Crippen MR) is 101 cm³/mol. The highest BCUT2D eigenvalue weighted by Crippen LogP contribution is 2.48. The third-order valence-corrected chi connectivity index (χ3v) is 5.78. The fraction of sp³-hybridized carbons (Fsp3) is 0.500. The second-order valence-electron chi connectivity index (χ2n) is 7.54. The van der Waals surface area contributed by atoms with Crippen molar-refractivity contribution in [1.82, 2.24) is 20.0 Å². The largest absolute Gasteiger partial charge is 0.355 e. The zero-order valence-electron chi connectivity index (χ0n) is 15.5. The molecule has 0 bridgehead atoms. The monoisotopic (exact) mass is 355 g/mol. The van der Waals surface area contributed by atoms with Crippen molar-refractivity contribution in [3.63, 3.8) is 0 Å². The maximum absolute atomic E-state index is 14.2. The summed E-state index contributed by atoms with van der Waals surface area (Å²) in [6, 6.07) is 7.15. The number of nitrogens with one attached hydrogen (secondary N) is 1. The number of benzene rings is 1. The highest BCUT2D eigenvalue weighted by molar-refractivity contribution is 5.80. The van der Waals surface area contributed by atoms with E-state index in [4.69, 9.17) is 0 Å². The van der Waals surface area contributed by atoms with E-state index >= 15 is 0 Å². The summed E-state index contributed by atoms with van der Waals surface area (Å²) in [5.41, 5.74) is 2.04. The minimum atomic E-state index is -0.0976. The van der Waals surface area contributed by atoms with Gasteiger partial charge in [0.25, 0.3) is 0 Å². The number of nitrogens with zero attached hydrogens (tertiary/aromatic N) is 4. The van der Waals surface area contributed by atoms with Crippen molar-refractivity contribution in [2.45, 2.75) is 30.6 Å². The summed E-state index contributed by atoms with van der Waals surface area (Å²) < 4.78 is 16.1. The first kappa shape index (κ1) is 17.1. The summed E-state index contributed by atoms with van der Waals surface area (Å²) in [6.07, 6.45) is 7.21. The minimum absolute atomic E-state index is 0.0796. The summed E-state index contributed by atoms with van der Waals surface area (Å²) in [7, 11) is 3.77. The third kappa shape index (κ3) is 3.20. The van der Waals surface area contributed by atoms with Gasteiger partial charge in [-0.15, -0.1) is 0 Å². The van der Waals surface area contributed by atoms with E-state index in [1.807, 2.05) is 37.1 Å². The van der Waals surface area contributed by atoms with Crippen LogP contribution in [-0.2, 0) is 12.5 Å². The van der Waals surface area contributed by atoms with Gasteiger partial charge in [-0.25, -0.2) is 4.39 Å². The maximum Gasteiger partial charge on any atom is 0.193 e. The Bertz CT molecular complexity index is 808. The zero-order valence-corrected chi connectivity index (χ0v) is 15.5. The molecule has 26 heavy (non-hydrogen) atoms. The van der Waals surface area contributed by atoms with E-state index in [-0.39, 0.29) is 11.2 Å². The number of aromatic nitrogens is 2. The molecule has 0 radical (unpaired) electrons. The molecule has 1 unspecified atom stereocenters. The number of hydrogen-bond donors (Lipinski definition) is 1. The van der Waals surface area contributed by atoms with Crippen LogP contribution in [0, 0.1) is 5.82 Å². The molecule has 2 fully saturated rings. The molecule has 2 heterocycles. The summed E-state index contributed by atoms with van der Waals surface area (Å²) in [4.78, 5) is 6.77. The number of hydrogen-bond acceptors (Lipinski definition) is 2. The lowest BCUT2D eigenvalue weighted by atomic mass is 9.95. The molecule has 0 amide bonds. The Kier molecular flexibility index (Phi) is 4.42. The molecule has 1 aromatic carbocycles. The van der Waals surface area contributed by atoms with Gasteiger partial charge in [0.15, 0.2) is 5.96 Å². The van der Waals surface area contributed by atoms with E-state index < -0.39 is 0 Å². The Labute approximate surface area is 153 Å². The van der Waals surface area contributed by atoms with Crippen molar-refractivity contribution in [3.05, 3.63) is 53.6 Å². The van der Waals surface area contributed by atoms with E-state index in [9.17, 15) is 4.39 Å². The molecule has 6 heteroatoms. The number of rotatable bonds is 4. The highest BCUT2D eigenvalue weighted by Gasteiger charge is 2.46. The zero-order chi connectivity index (χ0) is 18.1. The van der Waals surface area contributed by atoms with E-state index in [1.165, 1.54) is 5.56 Å². The second-order valence-corrected chi connectivity index (χ2v) is 7.54. The normalized spacial score (nSPS) is 21.9.